The quantitative estimate of drug-likeness (QED) is 0.136. The molecule has 0 unspecified atom stereocenters. The van der Waals surface area contributed by atoms with Crippen LogP contribution in [0.25, 0.3) is 176 Å². The molecule has 0 bridgehead atoms. The van der Waals surface area contributed by atoms with E-state index < -0.39 is 0 Å². The first-order valence-corrected chi connectivity index (χ1v) is 39.3. The van der Waals surface area contributed by atoms with Gasteiger partial charge >= 0.3 is 0 Å². The molecule has 528 valence electrons. The van der Waals surface area contributed by atoms with Crippen molar-refractivity contribution < 1.29 is 0 Å². The van der Waals surface area contributed by atoms with Gasteiger partial charge in [0, 0.05) is 83.2 Å². The molecule has 4 nitrogen and oxygen atoms in total. The van der Waals surface area contributed by atoms with Gasteiger partial charge in [-0.05, 0) is 243 Å². The summed E-state index contributed by atoms with van der Waals surface area (Å²) in [5, 5.41) is 15.6. The summed E-state index contributed by atoms with van der Waals surface area (Å²) in [5.41, 5.74) is 34.6. The van der Waals surface area contributed by atoms with Crippen molar-refractivity contribution in [2.24, 2.45) is 0 Å². The van der Waals surface area contributed by atoms with Crippen LogP contribution < -0.4 is 9.80 Å². The Kier molecular flexibility index (Phi) is 14.4. The highest BCUT2D eigenvalue weighted by Crippen LogP contribution is 2.56. The lowest BCUT2D eigenvalue weighted by Crippen LogP contribution is -2.16. The Morgan fingerprint density at radius 1 is 0.204 bits per heavy atom. The second-order valence-electron chi connectivity index (χ2n) is 31.0. The Bertz CT molecular complexity index is 7420. The van der Waals surface area contributed by atoms with E-state index in [0.29, 0.717) is 0 Å². The van der Waals surface area contributed by atoms with Crippen LogP contribution in [0.2, 0.25) is 0 Å². The van der Waals surface area contributed by atoms with Crippen molar-refractivity contribution in [2.75, 3.05) is 9.80 Å². The van der Waals surface area contributed by atoms with Crippen LogP contribution in [0, 0.1) is 0 Å². The molecule has 2 aromatic heterocycles. The topological polar surface area (TPSA) is 16.3 Å². The highest BCUT2D eigenvalue weighted by molar-refractivity contribution is 6.36. The van der Waals surface area contributed by atoms with Crippen LogP contribution in [0.1, 0.15) is 25.0 Å². The average molecular weight is 1440 g/mol. The zero-order valence-corrected chi connectivity index (χ0v) is 62.4. The molecule has 19 aromatic carbocycles. The Morgan fingerprint density at radius 3 is 0.973 bits per heavy atom. The largest absolute Gasteiger partial charge is 0.311 e. The minimum absolute atomic E-state index is 0.0768. The highest BCUT2D eigenvalue weighted by Gasteiger charge is 2.36. The minimum atomic E-state index is -0.0768. The minimum Gasteiger partial charge on any atom is -0.311 e. The number of nitrogens with zero attached hydrogens (tertiary/aromatic N) is 4. The third-order valence-electron chi connectivity index (χ3n) is 24.6. The molecule has 24 rings (SSSR count). The van der Waals surface area contributed by atoms with Gasteiger partial charge in [-0.3, -0.25) is 0 Å². The Hall–Kier alpha value is -14.6. The fourth-order valence-corrected chi connectivity index (χ4v) is 19.5. The predicted molar refractivity (Wildman–Crippen MR) is 478 cm³/mol. The summed E-state index contributed by atoms with van der Waals surface area (Å²) in [7, 11) is 0. The summed E-state index contributed by atoms with van der Waals surface area (Å²) < 4.78 is 5.02. The molecule has 4 heteroatoms. The van der Waals surface area contributed by atoms with Crippen LogP contribution in [-0.2, 0) is 5.41 Å². The van der Waals surface area contributed by atoms with E-state index in [4.69, 9.17) is 0 Å². The lowest BCUT2D eigenvalue weighted by atomic mass is 9.82. The number of rotatable bonds is 10. The molecule has 0 atom stereocenters. The van der Waals surface area contributed by atoms with Crippen LogP contribution in [0.3, 0.4) is 0 Å². The molecule has 0 N–H and O–H groups in total. The maximum atomic E-state index is 2.52. The van der Waals surface area contributed by atoms with E-state index in [1.54, 1.807) is 0 Å². The van der Waals surface area contributed by atoms with E-state index in [0.717, 1.165) is 45.5 Å². The maximum absolute atomic E-state index is 2.52. The molecule has 0 aliphatic heterocycles. The van der Waals surface area contributed by atoms with Gasteiger partial charge in [0.15, 0.2) is 0 Å². The first-order chi connectivity index (χ1) is 55.8. The number of hydrogen-bond donors (Lipinski definition) is 0. The highest BCUT2D eigenvalue weighted by atomic mass is 15.1. The lowest BCUT2D eigenvalue weighted by molar-refractivity contribution is 0.660. The van der Waals surface area contributed by atoms with E-state index >= 15 is 0 Å². The second-order valence-corrected chi connectivity index (χ2v) is 31.0. The Balaban J connectivity index is 0.000000136. The van der Waals surface area contributed by atoms with Crippen molar-refractivity contribution in [1.82, 2.24) is 9.13 Å². The fraction of sp³-hybridized carbons (Fsp3) is 0.0275. The van der Waals surface area contributed by atoms with Gasteiger partial charge in [0.1, 0.15) is 0 Å². The van der Waals surface area contributed by atoms with Crippen LogP contribution >= 0.6 is 0 Å². The first kappa shape index (κ1) is 64.4. The van der Waals surface area contributed by atoms with Crippen LogP contribution in [0.5, 0.6) is 0 Å². The van der Waals surface area contributed by atoms with E-state index in [1.165, 1.54) is 176 Å². The summed E-state index contributed by atoms with van der Waals surface area (Å²) in [6, 6.07) is 147. The normalized spacial score (nSPS) is 12.6. The molecule has 0 radical (unpaired) electrons. The van der Waals surface area contributed by atoms with Crippen LogP contribution in [0.4, 0.5) is 34.1 Å². The van der Waals surface area contributed by atoms with Crippen molar-refractivity contribution in [3.05, 3.63) is 412 Å². The van der Waals surface area contributed by atoms with Gasteiger partial charge in [-0.1, -0.05) is 293 Å². The predicted octanol–water partition coefficient (Wildman–Crippen LogP) is 30.1. The van der Waals surface area contributed by atoms with E-state index in [-0.39, 0.29) is 5.41 Å². The third kappa shape index (κ3) is 9.89. The molecule has 3 aliphatic carbocycles. The van der Waals surface area contributed by atoms with Crippen molar-refractivity contribution in [2.45, 2.75) is 19.3 Å². The SMILES string of the molecule is CC1(C)c2ccccc2-c2ccc(N(c3ccccc3)c3ccc(-c4ccc(-n5c6ccc7cccc8c7c6c6c(cc7ccccc7c65)-c5ccccc5-8)cc4)cc3)cc21.c1ccc(N(c2ccccc2)c2ccc(-c3ccc(-n4c5ccc6cccc7c6c5c5c(cc6ccccc6c54)-c4ccccc4-7)cc3)cc2)cc1. The van der Waals surface area contributed by atoms with Crippen molar-refractivity contribution in [3.8, 4) is 89.3 Å². The number of aromatic nitrogens is 2. The van der Waals surface area contributed by atoms with E-state index in [9.17, 15) is 0 Å². The molecule has 113 heavy (non-hydrogen) atoms. The summed E-state index contributed by atoms with van der Waals surface area (Å²) in [5.74, 6) is 0. The van der Waals surface area contributed by atoms with Crippen LogP contribution in [0.15, 0.2) is 400 Å². The van der Waals surface area contributed by atoms with Gasteiger partial charge < -0.3 is 18.9 Å². The van der Waals surface area contributed by atoms with Crippen LogP contribution in [-0.4, -0.2) is 9.13 Å². The molecule has 0 amide bonds. The fourth-order valence-electron chi connectivity index (χ4n) is 19.5. The molecule has 0 saturated carbocycles. The number of hydrogen-bond acceptors (Lipinski definition) is 2. The summed E-state index contributed by atoms with van der Waals surface area (Å²) in [6.07, 6.45) is 0. The van der Waals surface area contributed by atoms with E-state index in [2.05, 4.69) is 433 Å². The lowest BCUT2D eigenvalue weighted by Gasteiger charge is -2.28. The molecule has 21 aromatic rings. The summed E-state index contributed by atoms with van der Waals surface area (Å²) >= 11 is 0. The third-order valence-corrected chi connectivity index (χ3v) is 24.6. The first-order valence-electron chi connectivity index (χ1n) is 39.3. The van der Waals surface area contributed by atoms with Crippen molar-refractivity contribution in [3.63, 3.8) is 0 Å². The van der Waals surface area contributed by atoms with Gasteiger partial charge in [-0.25, -0.2) is 0 Å². The number of para-hydroxylation sites is 3. The smallest absolute Gasteiger partial charge is 0.0625 e. The van der Waals surface area contributed by atoms with Gasteiger partial charge in [0.05, 0.1) is 22.1 Å². The Labute approximate surface area is 655 Å². The van der Waals surface area contributed by atoms with Gasteiger partial charge in [0.2, 0.25) is 0 Å². The van der Waals surface area contributed by atoms with Gasteiger partial charge in [0.25, 0.3) is 0 Å². The Morgan fingerprint density at radius 2 is 0.531 bits per heavy atom. The maximum Gasteiger partial charge on any atom is 0.0625 e. The second kappa shape index (κ2) is 25.2. The monoisotopic (exact) mass is 1440 g/mol. The zero-order valence-electron chi connectivity index (χ0n) is 62.4. The molecule has 0 spiro atoms. The zero-order chi connectivity index (χ0) is 74.6. The van der Waals surface area contributed by atoms with Crippen molar-refractivity contribution in [1.29, 1.82) is 0 Å². The summed E-state index contributed by atoms with van der Waals surface area (Å²) in [6.45, 7) is 4.70. The average Bonchev–Trinajstić information content (AvgIpc) is 1.54. The standard InChI is InChI=1S/C59H40N2.C50H32N2/c1-59(2)52-22-11-10-20-48(52)49-33-32-44(36-53(49)59)60(41-15-4-3-5-16-41)42-28-23-37(24-29-42)38-25-30-43(31-26-38)61-54-34-27-39-14-12-21-50-46-18-8-9-19-47(46)51-35-40-13-6-7-17-45(40)58(61)56(51)57(54)55(39)50;1-3-14-37(15-4-1)51(38-16-5-2-6-17-38)39-27-22-33(23-28-39)34-24-29-40(30-25-34)52-46-31-26-35-13-11-21-44-42-19-9-10-20-43(42)45-32-36-12-7-8-18-41(36)50(52)48(45)49(46)47(35)44/h3-36H,1-2H3;1-32H. The van der Waals surface area contributed by atoms with Gasteiger partial charge in [-0.2, -0.15) is 0 Å². The molecule has 2 heterocycles. The molecular formula is C109H72N4. The summed E-state index contributed by atoms with van der Waals surface area (Å²) in [4.78, 5) is 4.69. The molecule has 3 aliphatic rings. The van der Waals surface area contributed by atoms with Gasteiger partial charge in [-0.15, -0.1) is 0 Å². The van der Waals surface area contributed by atoms with Crippen molar-refractivity contribution >= 4 is 121 Å². The molecule has 0 fully saturated rings. The molecule has 0 saturated heterocycles. The van der Waals surface area contributed by atoms with E-state index in [1.807, 2.05) is 0 Å². The number of benzene rings is 19. The number of fused-ring (bicyclic) bond motifs is 13. The molecular weight excluding hydrogens is 1370 g/mol. The number of anilines is 6.